The molecule has 0 heterocycles. The molecule has 4 nitrogen and oxygen atoms in total. The molecular weight excluding hydrogens is 272 g/mol. The van der Waals surface area contributed by atoms with Gasteiger partial charge in [-0.1, -0.05) is 0 Å². The molecule has 1 unspecified atom stereocenters. The highest BCUT2D eigenvalue weighted by Gasteiger charge is 2.13. The molecule has 0 bridgehead atoms. The first-order valence-electron chi connectivity index (χ1n) is 5.46. The van der Waals surface area contributed by atoms with E-state index >= 15 is 0 Å². The Hall–Kier alpha value is -0.910. The largest absolute Gasteiger partial charge is 0.497 e. The van der Waals surface area contributed by atoms with E-state index in [9.17, 15) is 4.79 Å². The number of amides is 1. The fourth-order valence-corrected chi connectivity index (χ4v) is 2.14. The number of carbonyl (C=O) groups is 1. The maximum atomic E-state index is 11.6. The van der Waals surface area contributed by atoms with Gasteiger partial charge < -0.3 is 15.8 Å². The summed E-state index contributed by atoms with van der Waals surface area (Å²) < 4.78 is 5.07. The van der Waals surface area contributed by atoms with E-state index in [2.05, 4.69) is 5.32 Å². The second-order valence-electron chi connectivity index (χ2n) is 3.52. The molecule has 102 valence electrons. The summed E-state index contributed by atoms with van der Waals surface area (Å²) in [6, 6.07) is 7.64. The summed E-state index contributed by atoms with van der Waals surface area (Å²) in [5, 5.41) is 2.64. The van der Waals surface area contributed by atoms with Crippen molar-refractivity contribution in [3.8, 4) is 5.75 Å². The van der Waals surface area contributed by atoms with Crippen molar-refractivity contribution in [2.24, 2.45) is 5.73 Å². The SMILES string of the molecule is COc1ccc(SC(C)C(=O)NCCN)cc1.Cl. The number of methoxy groups -OCH3 is 1. The van der Waals surface area contributed by atoms with Crippen molar-refractivity contribution in [3.05, 3.63) is 24.3 Å². The number of thioether (sulfide) groups is 1. The van der Waals surface area contributed by atoms with Crippen molar-refractivity contribution in [1.29, 1.82) is 0 Å². The molecule has 1 aromatic rings. The van der Waals surface area contributed by atoms with Gasteiger partial charge in [0.1, 0.15) is 5.75 Å². The van der Waals surface area contributed by atoms with Crippen molar-refractivity contribution in [1.82, 2.24) is 5.32 Å². The molecule has 0 aliphatic rings. The van der Waals surface area contributed by atoms with Gasteiger partial charge in [0.05, 0.1) is 12.4 Å². The average Bonchev–Trinajstić information content (AvgIpc) is 2.36. The molecule has 0 aromatic heterocycles. The van der Waals surface area contributed by atoms with Crippen LogP contribution in [0.4, 0.5) is 0 Å². The molecule has 0 saturated carbocycles. The van der Waals surface area contributed by atoms with E-state index in [1.165, 1.54) is 11.8 Å². The zero-order valence-electron chi connectivity index (χ0n) is 10.5. The van der Waals surface area contributed by atoms with E-state index in [-0.39, 0.29) is 23.6 Å². The first-order chi connectivity index (χ1) is 8.17. The Labute approximate surface area is 118 Å². The topological polar surface area (TPSA) is 64.3 Å². The molecular formula is C12H19ClN2O2S. The number of rotatable bonds is 6. The third kappa shape index (κ3) is 5.62. The fourth-order valence-electron chi connectivity index (χ4n) is 1.25. The van der Waals surface area contributed by atoms with E-state index in [4.69, 9.17) is 10.5 Å². The number of nitrogens with one attached hydrogen (secondary N) is 1. The van der Waals surface area contributed by atoms with Gasteiger partial charge in [0.15, 0.2) is 0 Å². The maximum Gasteiger partial charge on any atom is 0.233 e. The van der Waals surface area contributed by atoms with Crippen molar-refractivity contribution in [2.75, 3.05) is 20.2 Å². The van der Waals surface area contributed by atoms with Crippen LogP contribution in [0, 0.1) is 0 Å². The third-order valence-corrected chi connectivity index (χ3v) is 3.30. The van der Waals surface area contributed by atoms with Crippen LogP contribution >= 0.6 is 24.2 Å². The lowest BCUT2D eigenvalue weighted by Gasteiger charge is -2.11. The van der Waals surface area contributed by atoms with Crippen molar-refractivity contribution < 1.29 is 9.53 Å². The number of hydrogen-bond donors (Lipinski definition) is 2. The number of halogens is 1. The Kier molecular flexibility index (Phi) is 8.62. The lowest BCUT2D eigenvalue weighted by Crippen LogP contribution is -2.34. The van der Waals surface area contributed by atoms with E-state index in [1.807, 2.05) is 31.2 Å². The number of carbonyl (C=O) groups excluding carboxylic acids is 1. The van der Waals surface area contributed by atoms with Gasteiger partial charge in [0, 0.05) is 18.0 Å². The Bertz CT molecular complexity index is 360. The third-order valence-electron chi connectivity index (χ3n) is 2.19. The Balaban J connectivity index is 0.00000289. The molecule has 3 N–H and O–H groups in total. The predicted octanol–water partition coefficient (Wildman–Crippen LogP) is 1.67. The number of hydrogen-bond acceptors (Lipinski definition) is 4. The summed E-state index contributed by atoms with van der Waals surface area (Å²) in [7, 11) is 1.63. The van der Waals surface area contributed by atoms with Gasteiger partial charge in [-0.25, -0.2) is 0 Å². The van der Waals surface area contributed by atoms with Crippen LogP contribution in [0.25, 0.3) is 0 Å². The van der Waals surface area contributed by atoms with Gasteiger partial charge in [-0.05, 0) is 31.2 Å². The molecule has 1 atom stereocenters. The zero-order chi connectivity index (χ0) is 12.7. The van der Waals surface area contributed by atoms with E-state index in [1.54, 1.807) is 7.11 Å². The minimum atomic E-state index is -0.130. The summed E-state index contributed by atoms with van der Waals surface area (Å²) in [5.74, 6) is 0.825. The van der Waals surface area contributed by atoms with Crippen LogP contribution < -0.4 is 15.8 Å². The normalized spacial score (nSPS) is 11.3. The van der Waals surface area contributed by atoms with Gasteiger partial charge in [-0.3, -0.25) is 4.79 Å². The summed E-state index contributed by atoms with van der Waals surface area (Å²) >= 11 is 1.51. The van der Waals surface area contributed by atoms with Crippen molar-refractivity contribution in [2.45, 2.75) is 17.1 Å². The van der Waals surface area contributed by atoms with E-state index in [0.29, 0.717) is 13.1 Å². The van der Waals surface area contributed by atoms with Crippen molar-refractivity contribution >= 4 is 30.1 Å². The highest BCUT2D eigenvalue weighted by Crippen LogP contribution is 2.25. The van der Waals surface area contributed by atoms with Crippen LogP contribution in [0.15, 0.2) is 29.2 Å². The van der Waals surface area contributed by atoms with Crippen LogP contribution in [0.5, 0.6) is 5.75 Å². The number of ether oxygens (including phenoxy) is 1. The van der Waals surface area contributed by atoms with Gasteiger partial charge in [0.2, 0.25) is 5.91 Å². The minimum absolute atomic E-state index is 0. The quantitative estimate of drug-likeness (QED) is 0.782. The zero-order valence-corrected chi connectivity index (χ0v) is 12.1. The molecule has 0 spiro atoms. The summed E-state index contributed by atoms with van der Waals surface area (Å²) in [5.41, 5.74) is 5.33. The highest BCUT2D eigenvalue weighted by molar-refractivity contribution is 8.00. The van der Waals surface area contributed by atoms with Crippen LogP contribution in [0.3, 0.4) is 0 Å². The maximum absolute atomic E-state index is 11.6. The van der Waals surface area contributed by atoms with E-state index < -0.39 is 0 Å². The van der Waals surface area contributed by atoms with Crippen molar-refractivity contribution in [3.63, 3.8) is 0 Å². The Morgan fingerprint density at radius 1 is 1.44 bits per heavy atom. The second kappa shape index (κ2) is 9.08. The van der Waals surface area contributed by atoms with Crippen LogP contribution in [-0.4, -0.2) is 31.4 Å². The molecule has 1 aromatic carbocycles. The number of nitrogens with two attached hydrogens (primary N) is 1. The highest BCUT2D eigenvalue weighted by atomic mass is 35.5. The molecule has 0 saturated heterocycles. The molecule has 0 radical (unpaired) electrons. The predicted molar refractivity (Wildman–Crippen MR) is 77.6 cm³/mol. The fraction of sp³-hybridized carbons (Fsp3) is 0.417. The van der Waals surface area contributed by atoms with Gasteiger partial charge in [0.25, 0.3) is 0 Å². The second-order valence-corrected chi connectivity index (χ2v) is 4.93. The summed E-state index contributed by atoms with van der Waals surface area (Å²) in [6.07, 6.45) is 0. The monoisotopic (exact) mass is 290 g/mol. The molecule has 0 aliphatic heterocycles. The Morgan fingerprint density at radius 3 is 2.56 bits per heavy atom. The van der Waals surface area contributed by atoms with Crippen LogP contribution in [0.2, 0.25) is 0 Å². The van der Waals surface area contributed by atoms with Crippen LogP contribution in [0.1, 0.15) is 6.92 Å². The smallest absolute Gasteiger partial charge is 0.233 e. The first-order valence-corrected chi connectivity index (χ1v) is 6.34. The molecule has 6 heteroatoms. The molecule has 18 heavy (non-hydrogen) atoms. The standard InChI is InChI=1S/C12H18N2O2S.ClH/c1-9(12(15)14-8-7-13)17-11-5-3-10(16-2)4-6-11;/h3-6,9H,7-8,13H2,1-2H3,(H,14,15);1H. The minimum Gasteiger partial charge on any atom is -0.497 e. The van der Waals surface area contributed by atoms with Gasteiger partial charge in [-0.2, -0.15) is 0 Å². The molecule has 1 rings (SSSR count). The first kappa shape index (κ1) is 17.1. The molecule has 0 aliphatic carbocycles. The molecule has 1 amide bonds. The average molecular weight is 291 g/mol. The van der Waals surface area contributed by atoms with Gasteiger partial charge in [-0.15, -0.1) is 24.2 Å². The summed E-state index contributed by atoms with van der Waals surface area (Å²) in [4.78, 5) is 12.7. The lowest BCUT2D eigenvalue weighted by atomic mass is 10.3. The van der Waals surface area contributed by atoms with Gasteiger partial charge >= 0.3 is 0 Å². The molecule has 0 fully saturated rings. The van der Waals surface area contributed by atoms with E-state index in [0.717, 1.165) is 10.6 Å². The lowest BCUT2D eigenvalue weighted by molar-refractivity contribution is -0.120. The van der Waals surface area contributed by atoms with Crippen LogP contribution in [-0.2, 0) is 4.79 Å². The Morgan fingerprint density at radius 2 is 2.06 bits per heavy atom. The summed E-state index contributed by atoms with van der Waals surface area (Å²) in [6.45, 7) is 2.86. The number of benzene rings is 1.